The van der Waals surface area contributed by atoms with Gasteiger partial charge in [0, 0.05) is 0 Å². The molecule has 0 N–H and O–H groups in total. The van der Waals surface area contributed by atoms with Crippen molar-refractivity contribution in [3.63, 3.8) is 0 Å². The predicted octanol–water partition coefficient (Wildman–Crippen LogP) is 7.10. The molecular formula is C42H31F2NO10. The van der Waals surface area contributed by atoms with Crippen LogP contribution in [0.2, 0.25) is 0 Å². The molecule has 1 fully saturated rings. The number of ether oxygens (including phenoxy) is 6. The van der Waals surface area contributed by atoms with Crippen molar-refractivity contribution >= 4 is 35.5 Å². The second kappa shape index (κ2) is 16.1. The van der Waals surface area contributed by atoms with Crippen LogP contribution in [-0.4, -0.2) is 67.1 Å². The van der Waals surface area contributed by atoms with Crippen molar-refractivity contribution in [1.29, 1.82) is 0 Å². The standard InChI is InChI=1S/C42H31F2NO10/c43-42(44)30-23-13-14-24-31(30)45-41(42)55-40-35(54-39(49)29-21-11-4-12-22-29)34(53-38(48)28-19-9-3-10-20-28)33(52-37(47)27-17-7-2-8-18-27)32(51-40)25-50-36(46)26-15-5-1-6-16-26/h1-24,32-35,40H,25H2/t32-,33-,34+,35-,40-/m1/s1. The van der Waals surface area contributed by atoms with Crippen molar-refractivity contribution in [2.45, 2.75) is 36.6 Å². The molecule has 0 spiro atoms. The first-order valence-electron chi connectivity index (χ1n) is 17.1. The van der Waals surface area contributed by atoms with Crippen LogP contribution in [0.1, 0.15) is 47.0 Å². The van der Waals surface area contributed by atoms with Crippen molar-refractivity contribution in [3.8, 4) is 0 Å². The van der Waals surface area contributed by atoms with E-state index >= 15 is 8.78 Å². The van der Waals surface area contributed by atoms with Gasteiger partial charge in [-0.1, -0.05) is 91.0 Å². The van der Waals surface area contributed by atoms with Gasteiger partial charge in [0.05, 0.1) is 33.5 Å². The Kier molecular flexibility index (Phi) is 10.7. The molecule has 0 radical (unpaired) electrons. The van der Waals surface area contributed by atoms with E-state index in [9.17, 15) is 19.2 Å². The number of fused-ring (bicyclic) bond motifs is 1. The number of halogens is 2. The van der Waals surface area contributed by atoms with Crippen LogP contribution in [-0.2, 0) is 34.3 Å². The zero-order chi connectivity index (χ0) is 38.4. The molecule has 278 valence electrons. The van der Waals surface area contributed by atoms with Crippen molar-refractivity contribution in [2.75, 3.05) is 6.61 Å². The highest BCUT2D eigenvalue weighted by Gasteiger charge is 2.57. The van der Waals surface area contributed by atoms with Crippen LogP contribution < -0.4 is 0 Å². The van der Waals surface area contributed by atoms with Crippen LogP contribution in [0.4, 0.5) is 14.5 Å². The molecule has 0 bridgehead atoms. The molecule has 5 aromatic rings. The Morgan fingerprint density at radius 2 is 0.964 bits per heavy atom. The third kappa shape index (κ3) is 8.11. The Morgan fingerprint density at radius 1 is 0.545 bits per heavy atom. The van der Waals surface area contributed by atoms with Gasteiger partial charge < -0.3 is 28.4 Å². The maximum atomic E-state index is 15.9. The summed E-state index contributed by atoms with van der Waals surface area (Å²) in [5.74, 6) is -8.52. The maximum Gasteiger partial charge on any atom is 0.349 e. The number of carbonyl (C=O) groups excluding carboxylic acids is 4. The summed E-state index contributed by atoms with van der Waals surface area (Å²) in [7, 11) is 0. The van der Waals surface area contributed by atoms with Gasteiger partial charge in [-0.3, -0.25) is 0 Å². The van der Waals surface area contributed by atoms with Crippen LogP contribution in [0.15, 0.2) is 151 Å². The van der Waals surface area contributed by atoms with Gasteiger partial charge in [0.2, 0.25) is 12.4 Å². The van der Waals surface area contributed by atoms with E-state index in [4.69, 9.17) is 28.4 Å². The molecule has 0 aliphatic carbocycles. The van der Waals surface area contributed by atoms with Gasteiger partial charge in [-0.15, -0.1) is 0 Å². The first-order valence-corrected chi connectivity index (χ1v) is 17.1. The Balaban J connectivity index is 1.31. The van der Waals surface area contributed by atoms with E-state index in [0.717, 1.165) is 0 Å². The van der Waals surface area contributed by atoms with Crippen molar-refractivity contribution < 1.29 is 56.4 Å². The minimum atomic E-state index is -3.77. The van der Waals surface area contributed by atoms with E-state index in [0.29, 0.717) is 0 Å². The molecule has 13 heteroatoms. The van der Waals surface area contributed by atoms with Gasteiger partial charge in [-0.05, 0) is 54.6 Å². The monoisotopic (exact) mass is 747 g/mol. The van der Waals surface area contributed by atoms with Crippen LogP contribution in [0.3, 0.4) is 0 Å². The smallest absolute Gasteiger partial charge is 0.349 e. The summed E-state index contributed by atoms with van der Waals surface area (Å²) in [5, 5.41) is 0. The largest absolute Gasteiger partial charge is 0.459 e. The molecule has 2 heterocycles. The van der Waals surface area contributed by atoms with Gasteiger partial charge in [0.1, 0.15) is 12.7 Å². The average molecular weight is 748 g/mol. The number of nitrogens with zero attached hydrogens (tertiary/aromatic N) is 1. The number of carbonyl (C=O) groups is 4. The lowest BCUT2D eigenvalue weighted by molar-refractivity contribution is -0.281. The fourth-order valence-electron chi connectivity index (χ4n) is 5.96. The number of hydrogen-bond acceptors (Lipinski definition) is 11. The molecule has 11 nitrogen and oxygen atoms in total. The first-order chi connectivity index (χ1) is 26.7. The summed E-state index contributed by atoms with van der Waals surface area (Å²) in [6.07, 6.45) is -8.90. The molecular weight excluding hydrogens is 716 g/mol. The van der Waals surface area contributed by atoms with Crippen LogP contribution in [0.25, 0.3) is 0 Å². The third-order valence-electron chi connectivity index (χ3n) is 8.70. The van der Waals surface area contributed by atoms with Gasteiger partial charge >= 0.3 is 29.8 Å². The molecule has 7 rings (SSSR count). The van der Waals surface area contributed by atoms with E-state index < -0.39 is 78.6 Å². The van der Waals surface area contributed by atoms with Crippen molar-refractivity contribution in [2.24, 2.45) is 4.99 Å². The summed E-state index contributed by atoms with van der Waals surface area (Å²) in [6, 6.07) is 36.6. The minimum absolute atomic E-state index is 0.0436. The molecule has 1 saturated heterocycles. The summed E-state index contributed by atoms with van der Waals surface area (Å²) in [4.78, 5) is 58.2. The van der Waals surface area contributed by atoms with E-state index in [1.165, 1.54) is 72.8 Å². The molecule has 0 unspecified atom stereocenters. The summed E-state index contributed by atoms with van der Waals surface area (Å²) in [6.45, 7) is -0.665. The Hall–Kier alpha value is -6.73. The molecule has 2 aliphatic heterocycles. The van der Waals surface area contributed by atoms with Gasteiger partial charge in [0.25, 0.3) is 5.90 Å². The number of aliphatic imine (C=N–C) groups is 1. The van der Waals surface area contributed by atoms with Crippen molar-refractivity contribution in [3.05, 3.63) is 173 Å². The second-order valence-electron chi connectivity index (χ2n) is 12.3. The predicted molar refractivity (Wildman–Crippen MR) is 191 cm³/mol. The zero-order valence-electron chi connectivity index (χ0n) is 28.7. The topological polar surface area (TPSA) is 136 Å². The molecule has 0 aromatic heterocycles. The van der Waals surface area contributed by atoms with Crippen LogP contribution >= 0.6 is 0 Å². The average Bonchev–Trinajstić information content (AvgIpc) is 3.48. The van der Waals surface area contributed by atoms with Gasteiger partial charge in [0.15, 0.2) is 12.2 Å². The number of hydrogen-bond donors (Lipinski definition) is 0. The number of para-hydroxylation sites is 1. The molecule has 2 aliphatic rings. The Labute approximate surface area is 313 Å². The molecule has 0 saturated carbocycles. The van der Waals surface area contributed by atoms with Crippen molar-refractivity contribution in [1.82, 2.24) is 0 Å². The molecule has 55 heavy (non-hydrogen) atoms. The number of esters is 4. The van der Waals surface area contributed by atoms with E-state index in [1.807, 2.05) is 0 Å². The van der Waals surface area contributed by atoms with Gasteiger partial charge in [-0.25, -0.2) is 24.2 Å². The summed E-state index contributed by atoms with van der Waals surface area (Å²) in [5.41, 5.74) is -0.170. The molecule has 0 amide bonds. The zero-order valence-corrected chi connectivity index (χ0v) is 28.7. The first kappa shape index (κ1) is 36.6. The van der Waals surface area contributed by atoms with E-state index in [1.54, 1.807) is 72.8 Å². The lowest BCUT2D eigenvalue weighted by atomic mass is 9.97. The lowest BCUT2D eigenvalue weighted by Crippen LogP contribution is -2.63. The Morgan fingerprint density at radius 3 is 1.45 bits per heavy atom. The minimum Gasteiger partial charge on any atom is -0.459 e. The van der Waals surface area contributed by atoms with Crippen LogP contribution in [0, 0.1) is 0 Å². The normalized spacial score (nSPS) is 20.9. The molecule has 5 atom stereocenters. The number of benzene rings is 5. The summed E-state index contributed by atoms with van der Waals surface area (Å²) < 4.78 is 67.1. The third-order valence-corrected chi connectivity index (χ3v) is 8.70. The second-order valence-corrected chi connectivity index (χ2v) is 12.3. The fraction of sp³-hybridized carbons (Fsp3) is 0.167. The quantitative estimate of drug-likeness (QED) is 0.108. The Bertz CT molecular complexity index is 2190. The number of rotatable bonds is 10. The summed E-state index contributed by atoms with van der Waals surface area (Å²) >= 11 is 0. The van der Waals surface area contributed by atoms with Crippen LogP contribution in [0.5, 0.6) is 0 Å². The van der Waals surface area contributed by atoms with E-state index in [-0.39, 0.29) is 27.9 Å². The highest BCUT2D eigenvalue weighted by molar-refractivity contribution is 5.94. The molecule has 5 aromatic carbocycles. The van der Waals surface area contributed by atoms with E-state index in [2.05, 4.69) is 4.99 Å². The lowest BCUT2D eigenvalue weighted by Gasteiger charge is -2.44. The highest BCUT2D eigenvalue weighted by Crippen LogP contribution is 2.44. The highest BCUT2D eigenvalue weighted by atomic mass is 19.3. The number of alkyl halides is 2. The fourth-order valence-corrected chi connectivity index (χ4v) is 5.96. The maximum absolute atomic E-state index is 15.9. The van der Waals surface area contributed by atoms with Gasteiger partial charge in [-0.2, -0.15) is 8.78 Å². The SMILES string of the molecule is O=C(OC[C@H]1O[C@H](OC2=Nc3ccccc3C2(F)F)[C@H](OC(=O)c2ccccc2)[C@@H](OC(=O)c2ccccc2)[C@@H]1OC(=O)c1ccccc1)c1ccccc1.